The predicted octanol–water partition coefficient (Wildman–Crippen LogP) is 0.797. The summed E-state index contributed by atoms with van der Waals surface area (Å²) in [7, 11) is 2.09. The second kappa shape index (κ2) is 4.65. The largest absolute Gasteiger partial charge is 0.344 e. The van der Waals surface area contributed by atoms with Crippen LogP contribution in [0.25, 0.3) is 0 Å². The van der Waals surface area contributed by atoms with Gasteiger partial charge in [-0.1, -0.05) is 0 Å². The van der Waals surface area contributed by atoms with Crippen LogP contribution in [0.4, 0.5) is 4.79 Å². The lowest BCUT2D eigenvalue weighted by Gasteiger charge is -2.19. The number of aromatic nitrogens is 2. The first-order chi connectivity index (χ1) is 7.66. The van der Waals surface area contributed by atoms with Gasteiger partial charge in [0.1, 0.15) is 0 Å². The summed E-state index contributed by atoms with van der Waals surface area (Å²) in [4.78, 5) is 16.2. The van der Waals surface area contributed by atoms with E-state index in [2.05, 4.69) is 17.0 Å². The number of likely N-dealkylation sites (N-methyl/N-ethyl adjacent to an activating group) is 1. The Kier molecular flexibility index (Phi) is 3.24. The third-order valence-corrected chi connectivity index (χ3v) is 2.90. The van der Waals surface area contributed by atoms with Gasteiger partial charge >= 0.3 is 6.03 Å². The molecule has 1 aliphatic rings. The van der Waals surface area contributed by atoms with Crippen LogP contribution in [0.3, 0.4) is 0 Å². The lowest BCUT2D eigenvalue weighted by molar-refractivity contribution is 0.198. The molecule has 0 bridgehead atoms. The molecule has 1 aromatic heterocycles. The number of rotatable bonds is 0. The lowest BCUT2D eigenvalue weighted by Crippen LogP contribution is -2.37. The standard InChI is InChI=1S/C11H18N4O/c1-10-8-12-15(9-10)11(16)14-5-3-4-13(2)6-7-14/h8-9H,3-7H2,1-2H3. The smallest absolute Gasteiger partial charge is 0.322 e. The Morgan fingerprint density at radius 3 is 2.81 bits per heavy atom. The molecule has 0 atom stereocenters. The van der Waals surface area contributed by atoms with Crippen LogP contribution in [-0.4, -0.2) is 58.8 Å². The van der Waals surface area contributed by atoms with Crippen molar-refractivity contribution in [3.63, 3.8) is 0 Å². The van der Waals surface area contributed by atoms with Gasteiger partial charge in [0.15, 0.2) is 0 Å². The molecule has 1 aromatic rings. The average Bonchev–Trinajstić information content (AvgIpc) is 2.57. The second-order valence-corrected chi connectivity index (χ2v) is 4.39. The van der Waals surface area contributed by atoms with E-state index in [1.54, 1.807) is 12.4 Å². The van der Waals surface area contributed by atoms with E-state index in [-0.39, 0.29) is 6.03 Å². The molecule has 16 heavy (non-hydrogen) atoms. The maximum atomic E-state index is 12.1. The number of carbonyl (C=O) groups is 1. The van der Waals surface area contributed by atoms with E-state index in [4.69, 9.17) is 0 Å². The Labute approximate surface area is 95.6 Å². The van der Waals surface area contributed by atoms with Gasteiger partial charge in [-0.25, -0.2) is 4.79 Å². The van der Waals surface area contributed by atoms with Crippen LogP contribution in [0, 0.1) is 6.92 Å². The zero-order valence-corrected chi connectivity index (χ0v) is 9.89. The molecule has 0 N–H and O–H groups in total. The summed E-state index contributed by atoms with van der Waals surface area (Å²) in [5.41, 5.74) is 1.01. The summed E-state index contributed by atoms with van der Waals surface area (Å²) in [5.74, 6) is 0. The highest BCUT2D eigenvalue weighted by Crippen LogP contribution is 2.04. The summed E-state index contributed by atoms with van der Waals surface area (Å²) >= 11 is 0. The first kappa shape index (κ1) is 11.1. The fourth-order valence-corrected chi connectivity index (χ4v) is 1.90. The number of amides is 1. The van der Waals surface area contributed by atoms with Gasteiger partial charge in [0.25, 0.3) is 0 Å². The van der Waals surface area contributed by atoms with Gasteiger partial charge in [-0.2, -0.15) is 9.78 Å². The van der Waals surface area contributed by atoms with Crippen LogP contribution >= 0.6 is 0 Å². The second-order valence-electron chi connectivity index (χ2n) is 4.39. The van der Waals surface area contributed by atoms with Crippen molar-refractivity contribution in [2.75, 3.05) is 33.2 Å². The summed E-state index contributed by atoms with van der Waals surface area (Å²) in [6.07, 6.45) is 4.52. The number of carbonyl (C=O) groups excluding carboxylic acids is 1. The normalized spacial score (nSPS) is 18.5. The first-order valence-electron chi connectivity index (χ1n) is 5.66. The van der Waals surface area contributed by atoms with E-state index in [1.807, 2.05) is 11.8 Å². The van der Waals surface area contributed by atoms with Crippen molar-refractivity contribution in [1.29, 1.82) is 0 Å². The molecule has 88 valence electrons. The van der Waals surface area contributed by atoms with Crippen molar-refractivity contribution in [2.45, 2.75) is 13.3 Å². The van der Waals surface area contributed by atoms with Gasteiger partial charge in [0.05, 0.1) is 6.20 Å². The summed E-state index contributed by atoms with van der Waals surface area (Å²) < 4.78 is 1.43. The molecule has 1 saturated heterocycles. The molecule has 5 nitrogen and oxygen atoms in total. The zero-order valence-electron chi connectivity index (χ0n) is 9.89. The summed E-state index contributed by atoms with van der Waals surface area (Å²) in [5, 5.41) is 4.05. The van der Waals surface area contributed by atoms with Gasteiger partial charge in [-0.3, -0.25) is 0 Å². The molecule has 0 unspecified atom stereocenters. The molecule has 5 heteroatoms. The van der Waals surface area contributed by atoms with Crippen molar-refractivity contribution in [2.24, 2.45) is 0 Å². The Balaban J connectivity index is 2.04. The zero-order chi connectivity index (χ0) is 11.5. The number of nitrogens with zero attached hydrogens (tertiary/aromatic N) is 4. The van der Waals surface area contributed by atoms with E-state index in [0.717, 1.165) is 38.2 Å². The number of aryl methyl sites for hydroxylation is 1. The average molecular weight is 222 g/mol. The maximum Gasteiger partial charge on any atom is 0.344 e. The van der Waals surface area contributed by atoms with Crippen LogP contribution in [0.2, 0.25) is 0 Å². The van der Waals surface area contributed by atoms with Crippen LogP contribution in [-0.2, 0) is 0 Å². The quantitative estimate of drug-likeness (QED) is 0.652. The van der Waals surface area contributed by atoms with Crippen LogP contribution in [0.15, 0.2) is 12.4 Å². The molecule has 0 radical (unpaired) electrons. The fraction of sp³-hybridized carbons (Fsp3) is 0.636. The molecule has 0 aromatic carbocycles. The topological polar surface area (TPSA) is 41.4 Å². The lowest BCUT2D eigenvalue weighted by atomic mass is 10.4. The number of hydrogen-bond acceptors (Lipinski definition) is 3. The molecular formula is C11H18N4O. The monoisotopic (exact) mass is 222 g/mol. The highest BCUT2D eigenvalue weighted by atomic mass is 16.2. The van der Waals surface area contributed by atoms with E-state index < -0.39 is 0 Å². The van der Waals surface area contributed by atoms with Gasteiger partial charge in [-0.15, -0.1) is 0 Å². The van der Waals surface area contributed by atoms with E-state index in [0.29, 0.717) is 0 Å². The Morgan fingerprint density at radius 2 is 2.12 bits per heavy atom. The van der Waals surface area contributed by atoms with E-state index in [9.17, 15) is 4.79 Å². The van der Waals surface area contributed by atoms with Gasteiger partial charge < -0.3 is 9.80 Å². The third-order valence-electron chi connectivity index (χ3n) is 2.90. The molecule has 0 saturated carbocycles. The highest BCUT2D eigenvalue weighted by Gasteiger charge is 2.19. The molecule has 0 spiro atoms. The maximum absolute atomic E-state index is 12.1. The van der Waals surface area contributed by atoms with Crippen molar-refractivity contribution < 1.29 is 4.79 Å². The minimum atomic E-state index is -0.0107. The highest BCUT2D eigenvalue weighted by molar-refractivity contribution is 5.76. The minimum Gasteiger partial charge on any atom is -0.322 e. The molecule has 1 aliphatic heterocycles. The molecule has 0 aliphatic carbocycles. The summed E-state index contributed by atoms with van der Waals surface area (Å²) in [6, 6.07) is -0.0107. The summed E-state index contributed by atoms with van der Waals surface area (Å²) in [6.45, 7) is 5.54. The molecule has 1 fully saturated rings. The SMILES string of the molecule is Cc1cnn(C(=O)N2CCCN(C)CC2)c1. The van der Waals surface area contributed by atoms with Crippen LogP contribution < -0.4 is 0 Å². The van der Waals surface area contributed by atoms with Crippen molar-refractivity contribution in [1.82, 2.24) is 19.6 Å². The molecular weight excluding hydrogens is 204 g/mol. The van der Waals surface area contributed by atoms with Crippen molar-refractivity contribution >= 4 is 6.03 Å². The Hall–Kier alpha value is -1.36. The fourth-order valence-electron chi connectivity index (χ4n) is 1.90. The minimum absolute atomic E-state index is 0.0107. The number of hydrogen-bond donors (Lipinski definition) is 0. The third kappa shape index (κ3) is 2.41. The molecule has 2 rings (SSSR count). The first-order valence-corrected chi connectivity index (χ1v) is 5.66. The van der Waals surface area contributed by atoms with E-state index >= 15 is 0 Å². The van der Waals surface area contributed by atoms with Gasteiger partial charge in [0.2, 0.25) is 0 Å². The molecule has 2 heterocycles. The van der Waals surface area contributed by atoms with Crippen LogP contribution in [0.5, 0.6) is 0 Å². The van der Waals surface area contributed by atoms with Crippen LogP contribution in [0.1, 0.15) is 12.0 Å². The Morgan fingerprint density at radius 1 is 1.31 bits per heavy atom. The van der Waals surface area contributed by atoms with Crippen molar-refractivity contribution in [3.05, 3.63) is 18.0 Å². The predicted molar refractivity (Wildman–Crippen MR) is 61.4 cm³/mol. The molecule has 1 amide bonds. The van der Waals surface area contributed by atoms with E-state index in [1.165, 1.54) is 4.68 Å². The Bertz CT molecular complexity index is 374. The van der Waals surface area contributed by atoms with Gasteiger partial charge in [0, 0.05) is 25.8 Å². The van der Waals surface area contributed by atoms with Gasteiger partial charge in [-0.05, 0) is 32.5 Å². The van der Waals surface area contributed by atoms with Crippen molar-refractivity contribution in [3.8, 4) is 0 Å².